The second-order valence-electron chi connectivity index (χ2n) is 5.31. The Balaban J connectivity index is 2.11. The minimum atomic E-state index is 0.834. The Kier molecular flexibility index (Phi) is 2.67. The molecule has 0 fully saturated rings. The van der Waals surface area contributed by atoms with Crippen molar-refractivity contribution >= 4 is 26.8 Å². The highest BCUT2D eigenvalue weighted by Gasteiger charge is 2.21. The molecule has 1 aliphatic carbocycles. The number of halogens is 1. The lowest BCUT2D eigenvalue weighted by Crippen LogP contribution is -1.96. The Morgan fingerprint density at radius 1 is 1.25 bits per heavy atom. The van der Waals surface area contributed by atoms with E-state index >= 15 is 0 Å². The van der Waals surface area contributed by atoms with E-state index in [4.69, 9.17) is 4.98 Å². The molecule has 4 heteroatoms. The van der Waals surface area contributed by atoms with Crippen molar-refractivity contribution in [1.29, 1.82) is 0 Å². The van der Waals surface area contributed by atoms with Gasteiger partial charge in [0.25, 0.3) is 0 Å². The molecule has 20 heavy (non-hydrogen) atoms. The fourth-order valence-electron chi connectivity index (χ4n) is 3.03. The lowest BCUT2D eigenvalue weighted by Gasteiger charge is -2.06. The molecule has 0 amide bonds. The molecular formula is C16H14BrN3. The Bertz CT molecular complexity index is 820. The number of H-pyrrole nitrogens is 1. The second-order valence-corrected chi connectivity index (χ2v) is 6.23. The van der Waals surface area contributed by atoms with Gasteiger partial charge in [0.1, 0.15) is 5.82 Å². The monoisotopic (exact) mass is 327 g/mol. The van der Waals surface area contributed by atoms with Gasteiger partial charge in [-0.1, -0.05) is 15.9 Å². The number of aromatic amines is 1. The summed E-state index contributed by atoms with van der Waals surface area (Å²) in [5, 5.41) is 1.25. The van der Waals surface area contributed by atoms with E-state index in [1.165, 1.54) is 27.7 Å². The zero-order valence-corrected chi connectivity index (χ0v) is 12.8. The third-order valence-electron chi connectivity index (χ3n) is 3.93. The summed E-state index contributed by atoms with van der Waals surface area (Å²) in [5.74, 6) is 0.834. The van der Waals surface area contributed by atoms with E-state index in [1.807, 2.05) is 13.1 Å². The first-order chi connectivity index (χ1) is 9.72. The van der Waals surface area contributed by atoms with Crippen molar-refractivity contribution in [1.82, 2.24) is 15.0 Å². The highest BCUT2D eigenvalue weighted by atomic mass is 79.9. The molecule has 1 aromatic carbocycles. The van der Waals surface area contributed by atoms with E-state index in [1.54, 1.807) is 0 Å². The molecule has 0 saturated carbocycles. The number of aromatic nitrogens is 3. The summed E-state index contributed by atoms with van der Waals surface area (Å²) in [6, 6.07) is 6.38. The van der Waals surface area contributed by atoms with Crippen LogP contribution >= 0.6 is 15.9 Å². The summed E-state index contributed by atoms with van der Waals surface area (Å²) < 4.78 is 1.10. The molecule has 2 aromatic heterocycles. The Labute approximate surface area is 125 Å². The molecule has 0 atom stereocenters. The molecule has 3 nitrogen and oxygen atoms in total. The van der Waals surface area contributed by atoms with Crippen molar-refractivity contribution in [2.24, 2.45) is 0 Å². The van der Waals surface area contributed by atoms with Crippen LogP contribution in [0, 0.1) is 6.92 Å². The van der Waals surface area contributed by atoms with Crippen molar-refractivity contribution in [3.05, 3.63) is 46.0 Å². The largest absolute Gasteiger partial charge is 0.358 e. The zero-order chi connectivity index (χ0) is 13.7. The average molecular weight is 328 g/mol. The topological polar surface area (TPSA) is 41.6 Å². The molecule has 4 rings (SSSR count). The molecule has 1 aliphatic rings. The summed E-state index contributed by atoms with van der Waals surface area (Å²) >= 11 is 3.57. The van der Waals surface area contributed by atoms with Crippen LogP contribution in [-0.4, -0.2) is 15.0 Å². The van der Waals surface area contributed by atoms with E-state index in [0.717, 1.165) is 35.3 Å². The Morgan fingerprint density at radius 2 is 2.15 bits per heavy atom. The number of aryl methyl sites for hydroxylation is 3. The minimum absolute atomic E-state index is 0.834. The predicted octanol–water partition coefficient (Wildman–Crippen LogP) is 4.18. The molecule has 0 saturated heterocycles. The molecule has 0 bridgehead atoms. The number of hydrogen-bond acceptors (Lipinski definition) is 2. The van der Waals surface area contributed by atoms with E-state index in [0.29, 0.717) is 0 Å². The third kappa shape index (κ3) is 1.79. The molecule has 0 aliphatic heterocycles. The van der Waals surface area contributed by atoms with Crippen LogP contribution in [0.2, 0.25) is 0 Å². The van der Waals surface area contributed by atoms with Gasteiger partial charge in [0.2, 0.25) is 0 Å². The van der Waals surface area contributed by atoms with Crippen molar-refractivity contribution in [3.8, 4) is 11.3 Å². The highest BCUT2D eigenvalue weighted by Crippen LogP contribution is 2.37. The number of nitrogens with zero attached hydrogens (tertiary/aromatic N) is 2. The van der Waals surface area contributed by atoms with Gasteiger partial charge in [-0.15, -0.1) is 0 Å². The third-order valence-corrected chi connectivity index (χ3v) is 4.43. The molecule has 0 unspecified atom stereocenters. The number of benzene rings is 1. The van der Waals surface area contributed by atoms with Gasteiger partial charge in [0.15, 0.2) is 0 Å². The van der Waals surface area contributed by atoms with Crippen molar-refractivity contribution in [2.75, 3.05) is 0 Å². The molecule has 2 heterocycles. The van der Waals surface area contributed by atoms with Crippen LogP contribution in [0.3, 0.4) is 0 Å². The van der Waals surface area contributed by atoms with Gasteiger partial charge in [-0.25, -0.2) is 9.97 Å². The normalized spacial score (nSPS) is 13.9. The van der Waals surface area contributed by atoms with Crippen LogP contribution < -0.4 is 0 Å². The molecule has 0 radical (unpaired) electrons. The average Bonchev–Trinajstić information content (AvgIpc) is 2.68. The number of fused-ring (bicyclic) bond motifs is 5. The zero-order valence-electron chi connectivity index (χ0n) is 11.2. The minimum Gasteiger partial charge on any atom is -0.358 e. The van der Waals surface area contributed by atoms with E-state index in [-0.39, 0.29) is 0 Å². The summed E-state index contributed by atoms with van der Waals surface area (Å²) in [6.45, 7) is 1.95. The molecule has 0 spiro atoms. The molecule has 3 aromatic rings. The van der Waals surface area contributed by atoms with E-state index in [9.17, 15) is 0 Å². The van der Waals surface area contributed by atoms with Crippen molar-refractivity contribution < 1.29 is 0 Å². The van der Waals surface area contributed by atoms with Gasteiger partial charge in [-0.3, -0.25) is 0 Å². The van der Waals surface area contributed by atoms with Crippen LogP contribution in [0.1, 0.15) is 23.5 Å². The van der Waals surface area contributed by atoms with Gasteiger partial charge in [-0.2, -0.15) is 0 Å². The Morgan fingerprint density at radius 3 is 3.05 bits per heavy atom. The number of hydrogen-bond donors (Lipinski definition) is 1. The summed E-state index contributed by atoms with van der Waals surface area (Å²) in [7, 11) is 0. The summed E-state index contributed by atoms with van der Waals surface area (Å²) in [4.78, 5) is 12.6. The van der Waals surface area contributed by atoms with Gasteiger partial charge in [0.05, 0.1) is 5.69 Å². The van der Waals surface area contributed by atoms with E-state index < -0.39 is 0 Å². The van der Waals surface area contributed by atoms with Gasteiger partial charge in [0, 0.05) is 32.8 Å². The fraction of sp³-hybridized carbons (Fsp3) is 0.250. The van der Waals surface area contributed by atoms with Crippen LogP contribution in [0.4, 0.5) is 0 Å². The standard InChI is InChI=1S/C16H14BrN3/c1-9-18-8-10-3-2-4-14-15(16(10)19-9)12-7-11(17)5-6-13(12)20-14/h5-8,20H,2-4H2,1H3. The SMILES string of the molecule is Cc1ncc2c(n1)-c1c([nH]c3ccc(Br)cc13)CCC2. The second kappa shape index (κ2) is 4.42. The van der Waals surface area contributed by atoms with Crippen LogP contribution in [0.25, 0.3) is 22.2 Å². The maximum atomic E-state index is 4.72. The first kappa shape index (κ1) is 12.1. The fourth-order valence-corrected chi connectivity index (χ4v) is 3.39. The highest BCUT2D eigenvalue weighted by molar-refractivity contribution is 9.10. The lowest BCUT2D eigenvalue weighted by atomic mass is 10.0. The molecule has 100 valence electrons. The first-order valence-corrected chi connectivity index (χ1v) is 7.64. The van der Waals surface area contributed by atoms with Gasteiger partial charge in [-0.05, 0) is 49.9 Å². The van der Waals surface area contributed by atoms with Crippen LogP contribution in [0.15, 0.2) is 28.9 Å². The molecule has 1 N–H and O–H groups in total. The lowest BCUT2D eigenvalue weighted by molar-refractivity contribution is 0.813. The smallest absolute Gasteiger partial charge is 0.125 e. The summed E-state index contributed by atoms with van der Waals surface area (Å²) in [6.07, 6.45) is 5.24. The summed E-state index contributed by atoms with van der Waals surface area (Å²) in [5.41, 5.74) is 6.11. The van der Waals surface area contributed by atoms with Gasteiger partial charge < -0.3 is 4.98 Å². The quantitative estimate of drug-likeness (QED) is 0.672. The Hall–Kier alpha value is -1.68. The predicted molar refractivity (Wildman–Crippen MR) is 83.8 cm³/mol. The maximum absolute atomic E-state index is 4.72. The van der Waals surface area contributed by atoms with Crippen molar-refractivity contribution in [2.45, 2.75) is 26.2 Å². The number of nitrogens with one attached hydrogen (secondary N) is 1. The molecular weight excluding hydrogens is 314 g/mol. The van der Waals surface area contributed by atoms with Crippen LogP contribution in [0.5, 0.6) is 0 Å². The van der Waals surface area contributed by atoms with Crippen LogP contribution in [-0.2, 0) is 12.8 Å². The van der Waals surface area contributed by atoms with Crippen molar-refractivity contribution in [3.63, 3.8) is 0 Å². The first-order valence-electron chi connectivity index (χ1n) is 6.85. The number of rotatable bonds is 0. The van der Waals surface area contributed by atoms with E-state index in [2.05, 4.69) is 44.1 Å². The van der Waals surface area contributed by atoms with Gasteiger partial charge >= 0.3 is 0 Å². The maximum Gasteiger partial charge on any atom is 0.125 e.